The van der Waals surface area contributed by atoms with E-state index < -0.39 is 11.7 Å². The molecule has 0 saturated carbocycles. The third-order valence-electron chi connectivity index (χ3n) is 4.20. The molecule has 4 heteroatoms. The third-order valence-corrected chi connectivity index (χ3v) is 6.22. The first kappa shape index (κ1) is 15.6. The topological polar surface area (TPSA) is 29.5 Å². The summed E-state index contributed by atoms with van der Waals surface area (Å²) >= 11 is -0.231. The monoisotopic (exact) mass is 362 g/mol. The van der Waals surface area contributed by atoms with Crippen molar-refractivity contribution in [2.24, 2.45) is 0 Å². The van der Waals surface area contributed by atoms with Crippen LogP contribution in [0.4, 0.5) is 4.39 Å². The van der Waals surface area contributed by atoms with Crippen molar-refractivity contribution >= 4 is 15.8 Å². The van der Waals surface area contributed by atoms with Crippen molar-refractivity contribution in [2.75, 3.05) is 0 Å². The van der Waals surface area contributed by atoms with Gasteiger partial charge in [-0.2, -0.15) is 0 Å². The fourth-order valence-electron chi connectivity index (χ4n) is 3.13. The van der Waals surface area contributed by atoms with Gasteiger partial charge in [0.25, 0.3) is 0 Å². The van der Waals surface area contributed by atoms with Crippen molar-refractivity contribution in [1.29, 1.82) is 0 Å². The summed E-state index contributed by atoms with van der Waals surface area (Å²) in [6.07, 6.45) is 0.0410. The van der Waals surface area contributed by atoms with E-state index in [0.717, 1.165) is 27.6 Å². The molecule has 0 aliphatic heterocycles. The molecule has 0 aromatic heterocycles. The van der Waals surface area contributed by atoms with Gasteiger partial charge in [0.05, 0.1) is 0 Å². The maximum atomic E-state index is 13.7. The van der Waals surface area contributed by atoms with Gasteiger partial charge < -0.3 is 0 Å². The van der Waals surface area contributed by atoms with E-state index in [9.17, 15) is 9.50 Å². The maximum absolute atomic E-state index is 13.7. The fraction of sp³-hybridized carbons (Fsp3) is 0.333. The van der Waals surface area contributed by atoms with Crippen LogP contribution in [0, 0.1) is 12.7 Å². The Labute approximate surface area is 137 Å². The molecule has 0 radical (unpaired) electrons. The number of fused-ring (bicyclic) bond motifs is 1. The number of rotatable bonds is 4. The fourth-order valence-corrected chi connectivity index (χ4v) is 5.07. The van der Waals surface area contributed by atoms with Gasteiger partial charge >= 0.3 is 137 Å². The summed E-state index contributed by atoms with van der Waals surface area (Å²) in [5.41, 5.74) is 4.02. The number of benzene rings is 2. The van der Waals surface area contributed by atoms with Gasteiger partial charge in [-0.3, -0.25) is 0 Å². The van der Waals surface area contributed by atoms with E-state index in [1.807, 2.05) is 31.2 Å². The molecule has 2 aromatic carbocycles. The number of hydrogen-bond acceptors (Lipinski definition) is 2. The Kier molecular flexibility index (Phi) is 4.29. The second kappa shape index (κ2) is 6.06. The van der Waals surface area contributed by atoms with Crippen LogP contribution in [0.2, 0.25) is 10.9 Å². The Morgan fingerprint density at radius 3 is 2.82 bits per heavy atom. The van der Waals surface area contributed by atoms with Crippen molar-refractivity contribution in [3.8, 4) is 5.75 Å². The Morgan fingerprint density at radius 2 is 2.09 bits per heavy atom. The molecule has 0 saturated heterocycles. The molecular formula is C18H20AsFO2. The molecule has 1 aliphatic carbocycles. The van der Waals surface area contributed by atoms with Gasteiger partial charge in [0.1, 0.15) is 0 Å². The van der Waals surface area contributed by atoms with Crippen LogP contribution in [0.3, 0.4) is 0 Å². The molecule has 0 heterocycles. The van der Waals surface area contributed by atoms with Crippen LogP contribution in [0.15, 0.2) is 42.5 Å². The molecule has 22 heavy (non-hydrogen) atoms. The third kappa shape index (κ3) is 2.80. The van der Waals surface area contributed by atoms with Gasteiger partial charge in [0.2, 0.25) is 0 Å². The van der Waals surface area contributed by atoms with Gasteiger partial charge in [0, 0.05) is 0 Å². The number of aliphatic hydroxyl groups is 1. The summed E-state index contributed by atoms with van der Waals surface area (Å²) in [4.78, 5) is 0. The van der Waals surface area contributed by atoms with Crippen LogP contribution < -0.4 is 4.74 Å². The van der Waals surface area contributed by atoms with Gasteiger partial charge in [0.15, 0.2) is 0 Å². The molecule has 1 N–H and O–H groups in total. The van der Waals surface area contributed by atoms with E-state index in [1.165, 1.54) is 12.1 Å². The van der Waals surface area contributed by atoms with Crippen LogP contribution in [-0.4, -0.2) is 26.5 Å². The minimum atomic E-state index is -0.923. The Balaban J connectivity index is 2.01. The first-order valence-electron chi connectivity index (χ1n) is 7.41. The number of aryl methyl sites for hydroxylation is 1. The van der Waals surface area contributed by atoms with Gasteiger partial charge in [-0.1, -0.05) is 0 Å². The molecule has 0 spiro atoms. The van der Waals surface area contributed by atoms with Crippen LogP contribution in [-0.2, 0) is 6.42 Å². The molecule has 3 atom stereocenters. The zero-order chi connectivity index (χ0) is 15.7. The predicted molar refractivity (Wildman–Crippen MR) is 87.4 cm³/mol. The van der Waals surface area contributed by atoms with Crippen LogP contribution >= 0.6 is 0 Å². The number of para-hydroxylation sites is 1. The zero-order valence-electron chi connectivity index (χ0n) is 12.8. The van der Waals surface area contributed by atoms with Crippen molar-refractivity contribution in [3.63, 3.8) is 0 Å². The van der Waals surface area contributed by atoms with E-state index in [0.29, 0.717) is 6.42 Å². The standard InChI is InChI=1S/C18H20AsFO2/c1-12-5-3-4-6-16(12)22-17-15-9-14(20)8-7-13(15)10-18(17,21)11-19-2/h3-9,17,19,21H,10-11H2,1-2H3. The van der Waals surface area contributed by atoms with E-state index in [2.05, 4.69) is 5.71 Å². The first-order chi connectivity index (χ1) is 10.5. The number of ether oxygens (including phenoxy) is 1. The number of hydrogen-bond donors (Lipinski definition) is 1. The summed E-state index contributed by atoms with van der Waals surface area (Å²) in [6, 6.07) is 12.5. The average molecular weight is 362 g/mol. The summed E-state index contributed by atoms with van der Waals surface area (Å²) in [6.45, 7) is 1.98. The predicted octanol–water partition coefficient (Wildman–Crippen LogP) is 3.44. The molecule has 2 nitrogen and oxygen atoms in total. The molecule has 3 unspecified atom stereocenters. The van der Waals surface area contributed by atoms with Crippen LogP contribution in [0.5, 0.6) is 5.75 Å². The molecule has 3 rings (SSSR count). The second-order valence-corrected chi connectivity index (χ2v) is 8.14. The quantitative estimate of drug-likeness (QED) is 0.845. The molecule has 0 amide bonds. The molecule has 116 valence electrons. The molecule has 1 aliphatic rings. The zero-order valence-corrected chi connectivity index (χ0v) is 14.9. The number of halogens is 1. The summed E-state index contributed by atoms with van der Waals surface area (Å²) in [7, 11) is 0. The molecule has 0 bridgehead atoms. The van der Waals surface area contributed by atoms with Crippen LogP contribution in [0.1, 0.15) is 22.8 Å². The molecule has 2 aromatic rings. The Morgan fingerprint density at radius 1 is 1.32 bits per heavy atom. The van der Waals surface area contributed by atoms with Crippen molar-refractivity contribution < 1.29 is 14.2 Å². The first-order valence-corrected chi connectivity index (χ1v) is 11.0. The van der Waals surface area contributed by atoms with Crippen LogP contribution in [0.25, 0.3) is 0 Å². The summed E-state index contributed by atoms with van der Waals surface area (Å²) < 4.78 is 19.8. The van der Waals surface area contributed by atoms with Gasteiger partial charge in [-0.15, -0.1) is 0 Å². The average Bonchev–Trinajstić information content (AvgIpc) is 2.74. The van der Waals surface area contributed by atoms with E-state index >= 15 is 0 Å². The minimum absolute atomic E-state index is 0.231. The van der Waals surface area contributed by atoms with E-state index in [4.69, 9.17) is 4.74 Å². The van der Waals surface area contributed by atoms with Crippen molar-refractivity contribution in [3.05, 3.63) is 65.0 Å². The normalized spacial score (nSPS) is 23.9. The Bertz CT molecular complexity index is 689. The van der Waals surface area contributed by atoms with E-state index in [1.54, 1.807) is 6.07 Å². The molecular weight excluding hydrogens is 342 g/mol. The SMILES string of the molecule is C[AsH]CC1(O)Cc2ccc(F)cc2C1Oc1ccccc1C. The van der Waals surface area contributed by atoms with E-state index in [-0.39, 0.29) is 21.6 Å². The van der Waals surface area contributed by atoms with Crippen molar-refractivity contribution in [1.82, 2.24) is 0 Å². The van der Waals surface area contributed by atoms with Crippen molar-refractivity contribution in [2.45, 2.75) is 36.0 Å². The van der Waals surface area contributed by atoms with Gasteiger partial charge in [-0.05, 0) is 0 Å². The summed E-state index contributed by atoms with van der Waals surface area (Å²) in [5, 5.41) is 11.8. The van der Waals surface area contributed by atoms with Gasteiger partial charge in [-0.25, -0.2) is 0 Å². The summed E-state index contributed by atoms with van der Waals surface area (Å²) in [5.74, 6) is 0.466. The Hall–Kier alpha value is -1.31. The second-order valence-electron chi connectivity index (χ2n) is 5.92. The molecule has 0 fully saturated rings.